The molecule has 10 heteroatoms. The standard InChI is InChI=1S/C20H18ClN5OS3/c21-14-9-7-13(8-10-14)12-29-20-26-25-19(30-20)24-17(27)6-3-11-28-18-22-15-4-1-2-5-16(15)23-18/h1-2,4-5,7-10H,3,6,11-12H2,(H,22,23)(H,24,25,27). The van der Waals surface area contributed by atoms with Gasteiger partial charge in [0.05, 0.1) is 11.0 Å². The van der Waals surface area contributed by atoms with Gasteiger partial charge in [0.1, 0.15) is 0 Å². The molecule has 0 atom stereocenters. The highest BCUT2D eigenvalue weighted by Crippen LogP contribution is 2.29. The molecule has 0 saturated carbocycles. The van der Waals surface area contributed by atoms with Gasteiger partial charge in [0.25, 0.3) is 0 Å². The van der Waals surface area contributed by atoms with E-state index in [-0.39, 0.29) is 5.91 Å². The summed E-state index contributed by atoms with van der Waals surface area (Å²) in [6.45, 7) is 0. The third-order valence-electron chi connectivity index (χ3n) is 4.08. The van der Waals surface area contributed by atoms with Gasteiger partial charge in [-0.15, -0.1) is 10.2 Å². The highest BCUT2D eigenvalue weighted by molar-refractivity contribution is 8.00. The van der Waals surface area contributed by atoms with Crippen LogP contribution in [0.4, 0.5) is 5.13 Å². The lowest BCUT2D eigenvalue weighted by molar-refractivity contribution is -0.116. The van der Waals surface area contributed by atoms with Crippen LogP contribution in [0, 0.1) is 0 Å². The summed E-state index contributed by atoms with van der Waals surface area (Å²) in [4.78, 5) is 20.0. The minimum absolute atomic E-state index is 0.0504. The Hall–Kier alpha value is -2.07. The van der Waals surface area contributed by atoms with Gasteiger partial charge in [0.15, 0.2) is 9.50 Å². The van der Waals surface area contributed by atoms with Crippen LogP contribution >= 0.6 is 46.5 Å². The van der Waals surface area contributed by atoms with Gasteiger partial charge >= 0.3 is 0 Å². The van der Waals surface area contributed by atoms with E-state index in [0.717, 1.165) is 49.0 Å². The molecular weight excluding hydrogens is 458 g/mol. The maximum atomic E-state index is 12.2. The molecule has 0 saturated heterocycles. The number of hydrogen-bond donors (Lipinski definition) is 2. The number of carbonyl (C=O) groups excluding carboxylic acids is 1. The second-order valence-electron chi connectivity index (χ2n) is 6.35. The van der Waals surface area contributed by atoms with Gasteiger partial charge in [-0.1, -0.05) is 70.7 Å². The van der Waals surface area contributed by atoms with Gasteiger partial charge in [-0.2, -0.15) is 0 Å². The van der Waals surface area contributed by atoms with Crippen LogP contribution in [0.5, 0.6) is 0 Å². The van der Waals surface area contributed by atoms with Crippen LogP contribution in [-0.4, -0.2) is 31.8 Å². The molecule has 0 unspecified atom stereocenters. The summed E-state index contributed by atoms with van der Waals surface area (Å²) in [5, 5.41) is 13.2. The maximum Gasteiger partial charge on any atom is 0.226 e. The molecule has 0 aliphatic carbocycles. The van der Waals surface area contributed by atoms with Crippen molar-refractivity contribution in [1.29, 1.82) is 0 Å². The van der Waals surface area contributed by atoms with Crippen molar-refractivity contribution in [2.24, 2.45) is 0 Å². The van der Waals surface area contributed by atoms with Crippen molar-refractivity contribution in [3.63, 3.8) is 0 Å². The van der Waals surface area contributed by atoms with Crippen molar-refractivity contribution in [3.8, 4) is 0 Å². The first-order valence-corrected chi connectivity index (χ1v) is 12.4. The number of para-hydroxylation sites is 2. The number of anilines is 1. The third kappa shape index (κ3) is 5.98. The summed E-state index contributed by atoms with van der Waals surface area (Å²) in [6, 6.07) is 15.7. The second kappa shape index (κ2) is 10.3. The topological polar surface area (TPSA) is 83.6 Å². The number of fused-ring (bicyclic) bond motifs is 1. The van der Waals surface area contributed by atoms with E-state index in [2.05, 4.69) is 25.5 Å². The smallest absolute Gasteiger partial charge is 0.226 e. The monoisotopic (exact) mass is 475 g/mol. The molecule has 2 heterocycles. The first-order valence-electron chi connectivity index (χ1n) is 9.24. The van der Waals surface area contributed by atoms with Crippen LogP contribution in [0.15, 0.2) is 58.0 Å². The molecule has 2 aromatic heterocycles. The Balaban J connectivity index is 1.17. The maximum absolute atomic E-state index is 12.2. The lowest BCUT2D eigenvalue weighted by atomic mass is 10.2. The summed E-state index contributed by atoms with van der Waals surface area (Å²) in [5.74, 6) is 1.54. The Bertz CT molecular complexity index is 1100. The number of benzene rings is 2. The predicted octanol–water partition coefficient (Wildman–Crippen LogP) is 5.87. The fourth-order valence-corrected chi connectivity index (χ4v) is 5.30. The summed E-state index contributed by atoms with van der Waals surface area (Å²) in [5.41, 5.74) is 3.14. The van der Waals surface area contributed by atoms with E-state index in [1.807, 2.05) is 48.5 Å². The number of nitrogens with one attached hydrogen (secondary N) is 2. The molecule has 0 radical (unpaired) electrons. The van der Waals surface area contributed by atoms with Crippen LogP contribution in [0.3, 0.4) is 0 Å². The number of rotatable bonds is 9. The van der Waals surface area contributed by atoms with Crippen molar-refractivity contribution >= 4 is 68.5 Å². The minimum Gasteiger partial charge on any atom is -0.333 e. The Morgan fingerprint density at radius 3 is 2.77 bits per heavy atom. The quantitative estimate of drug-likeness (QED) is 0.179. The number of thioether (sulfide) groups is 2. The number of halogens is 1. The molecule has 0 aliphatic rings. The van der Waals surface area contributed by atoms with Crippen molar-refractivity contribution in [2.75, 3.05) is 11.1 Å². The molecule has 30 heavy (non-hydrogen) atoms. The fraction of sp³-hybridized carbons (Fsp3) is 0.200. The van der Waals surface area contributed by atoms with E-state index in [1.54, 1.807) is 23.5 Å². The molecule has 0 aliphatic heterocycles. The van der Waals surface area contributed by atoms with Crippen molar-refractivity contribution in [3.05, 3.63) is 59.1 Å². The van der Waals surface area contributed by atoms with E-state index in [0.29, 0.717) is 11.6 Å². The molecule has 0 fully saturated rings. The first kappa shape index (κ1) is 21.2. The van der Waals surface area contributed by atoms with Crippen molar-refractivity contribution in [2.45, 2.75) is 28.1 Å². The van der Waals surface area contributed by atoms with Crippen LogP contribution < -0.4 is 5.32 Å². The lowest BCUT2D eigenvalue weighted by Gasteiger charge is -2.00. The molecule has 0 bridgehead atoms. The number of amides is 1. The molecule has 0 spiro atoms. The molecule has 154 valence electrons. The third-order valence-corrected chi connectivity index (χ3v) is 7.34. The average Bonchev–Trinajstić information content (AvgIpc) is 3.37. The van der Waals surface area contributed by atoms with E-state index in [1.165, 1.54) is 11.3 Å². The lowest BCUT2D eigenvalue weighted by Crippen LogP contribution is -2.11. The fourth-order valence-electron chi connectivity index (χ4n) is 2.63. The molecule has 1 amide bonds. The number of nitrogens with zero attached hydrogens (tertiary/aromatic N) is 3. The normalized spacial score (nSPS) is 11.1. The SMILES string of the molecule is O=C(CCCSc1nc2ccccc2[nH]1)Nc1nnc(SCc2ccc(Cl)cc2)s1. The molecular formula is C20H18ClN5OS3. The Morgan fingerprint density at radius 2 is 1.93 bits per heavy atom. The van der Waals surface area contributed by atoms with Gasteiger partial charge in [-0.05, 0) is 36.2 Å². The van der Waals surface area contributed by atoms with Crippen LogP contribution in [-0.2, 0) is 10.5 Å². The van der Waals surface area contributed by atoms with Gasteiger partial charge in [-0.3, -0.25) is 4.79 Å². The average molecular weight is 476 g/mol. The van der Waals surface area contributed by atoms with E-state index < -0.39 is 0 Å². The number of imidazole rings is 1. The summed E-state index contributed by atoms with van der Waals surface area (Å²) >= 11 is 10.5. The largest absolute Gasteiger partial charge is 0.333 e. The number of aromatic amines is 1. The molecule has 2 aromatic carbocycles. The highest BCUT2D eigenvalue weighted by atomic mass is 35.5. The van der Waals surface area contributed by atoms with Crippen LogP contribution in [0.1, 0.15) is 18.4 Å². The highest BCUT2D eigenvalue weighted by Gasteiger charge is 2.09. The zero-order valence-electron chi connectivity index (χ0n) is 15.8. The minimum atomic E-state index is -0.0504. The Morgan fingerprint density at radius 1 is 1.10 bits per heavy atom. The van der Waals surface area contributed by atoms with E-state index in [4.69, 9.17) is 11.6 Å². The van der Waals surface area contributed by atoms with Crippen LogP contribution in [0.25, 0.3) is 11.0 Å². The van der Waals surface area contributed by atoms with Gasteiger partial charge < -0.3 is 10.3 Å². The van der Waals surface area contributed by atoms with Gasteiger partial charge in [0, 0.05) is 22.9 Å². The first-order chi connectivity index (χ1) is 14.7. The van der Waals surface area contributed by atoms with Gasteiger partial charge in [-0.25, -0.2) is 4.98 Å². The van der Waals surface area contributed by atoms with Crippen LogP contribution in [0.2, 0.25) is 5.02 Å². The molecule has 4 rings (SSSR count). The Kier molecular flexibility index (Phi) is 7.27. The summed E-state index contributed by atoms with van der Waals surface area (Å²) in [7, 11) is 0. The Labute approximate surface area is 191 Å². The number of hydrogen-bond acceptors (Lipinski definition) is 7. The molecule has 2 N–H and O–H groups in total. The zero-order valence-corrected chi connectivity index (χ0v) is 19.0. The molecule has 4 aromatic rings. The zero-order chi connectivity index (χ0) is 20.8. The van der Waals surface area contributed by atoms with E-state index >= 15 is 0 Å². The van der Waals surface area contributed by atoms with E-state index in [9.17, 15) is 4.79 Å². The summed E-state index contributed by atoms with van der Waals surface area (Å²) in [6.07, 6.45) is 1.19. The van der Waals surface area contributed by atoms with Gasteiger partial charge in [0.2, 0.25) is 11.0 Å². The second-order valence-corrected chi connectivity index (χ2v) is 10.1. The van der Waals surface area contributed by atoms with Crippen molar-refractivity contribution in [1.82, 2.24) is 20.2 Å². The number of H-pyrrole nitrogens is 1. The summed E-state index contributed by atoms with van der Waals surface area (Å²) < 4.78 is 0.820. The number of aromatic nitrogens is 4. The van der Waals surface area contributed by atoms with Crippen molar-refractivity contribution < 1.29 is 4.79 Å². The number of carbonyl (C=O) groups is 1. The predicted molar refractivity (Wildman–Crippen MR) is 126 cm³/mol. The molecule has 6 nitrogen and oxygen atoms in total.